The van der Waals surface area contributed by atoms with Crippen LogP contribution in [0.25, 0.3) is 0 Å². The third-order valence-electron chi connectivity index (χ3n) is 3.49. The maximum absolute atomic E-state index is 13.1. The summed E-state index contributed by atoms with van der Waals surface area (Å²) in [6.07, 6.45) is 2.72. The van der Waals surface area contributed by atoms with Gasteiger partial charge in [-0.05, 0) is 54.0 Å². The predicted octanol–water partition coefficient (Wildman–Crippen LogP) is 2.32. The highest BCUT2D eigenvalue weighted by Crippen LogP contribution is 2.27. The van der Waals surface area contributed by atoms with Crippen molar-refractivity contribution in [2.75, 3.05) is 24.9 Å². The lowest BCUT2D eigenvalue weighted by molar-refractivity contribution is 0.250. The first-order chi connectivity index (χ1) is 9.94. The van der Waals surface area contributed by atoms with Crippen molar-refractivity contribution in [1.29, 1.82) is 0 Å². The molecule has 1 atom stereocenters. The summed E-state index contributed by atoms with van der Waals surface area (Å²) in [5, 5.41) is 3.03. The molecule has 0 aliphatic carbocycles. The number of rotatable bonds is 5. The number of hydrogen-bond acceptors (Lipinski definition) is 3. The molecule has 21 heavy (non-hydrogen) atoms. The molecule has 1 aliphatic heterocycles. The Kier molecular flexibility index (Phi) is 5.59. The fraction of sp³-hybridized carbons (Fsp3) is 0.538. The molecule has 2 N–H and O–H groups in total. The Labute approximate surface area is 133 Å². The van der Waals surface area contributed by atoms with Gasteiger partial charge in [0, 0.05) is 23.6 Å². The van der Waals surface area contributed by atoms with Crippen LogP contribution in [0, 0.1) is 5.82 Å². The number of nitrogens with one attached hydrogen (secondary N) is 2. The monoisotopic (exact) mass is 379 g/mol. The third kappa shape index (κ3) is 4.15. The van der Waals surface area contributed by atoms with Gasteiger partial charge in [-0.2, -0.15) is 12.7 Å². The number of nitrogens with zero attached hydrogens (tertiary/aromatic N) is 1. The molecule has 1 unspecified atom stereocenters. The van der Waals surface area contributed by atoms with Gasteiger partial charge in [-0.1, -0.05) is 6.42 Å². The van der Waals surface area contributed by atoms with Crippen molar-refractivity contribution in [2.45, 2.75) is 25.3 Å². The van der Waals surface area contributed by atoms with Crippen LogP contribution in [0.2, 0.25) is 0 Å². The summed E-state index contributed by atoms with van der Waals surface area (Å²) in [6.45, 7) is 1.12. The molecule has 1 saturated heterocycles. The van der Waals surface area contributed by atoms with E-state index in [9.17, 15) is 12.8 Å². The third-order valence-corrected chi connectivity index (χ3v) is 5.72. The Hall–Kier alpha value is -0.700. The van der Waals surface area contributed by atoms with Crippen molar-refractivity contribution >= 4 is 31.8 Å². The smallest absolute Gasteiger partial charge is 0.301 e. The highest BCUT2D eigenvalue weighted by atomic mass is 79.9. The topological polar surface area (TPSA) is 61.4 Å². The van der Waals surface area contributed by atoms with Gasteiger partial charge in [-0.3, -0.25) is 4.72 Å². The molecule has 0 radical (unpaired) electrons. The lowest BCUT2D eigenvalue weighted by Gasteiger charge is -2.34. The Balaban J connectivity index is 2.20. The van der Waals surface area contributed by atoms with Gasteiger partial charge in [0.15, 0.2) is 0 Å². The summed E-state index contributed by atoms with van der Waals surface area (Å²) < 4.78 is 42.6. The van der Waals surface area contributed by atoms with Gasteiger partial charge in [-0.25, -0.2) is 4.39 Å². The summed E-state index contributed by atoms with van der Waals surface area (Å²) in [4.78, 5) is 0. The van der Waals surface area contributed by atoms with Crippen LogP contribution in [0.15, 0.2) is 22.7 Å². The minimum Gasteiger partial charge on any atom is -0.318 e. The van der Waals surface area contributed by atoms with Gasteiger partial charge in [0.1, 0.15) is 5.82 Å². The maximum Gasteiger partial charge on any atom is 0.301 e. The van der Waals surface area contributed by atoms with E-state index in [2.05, 4.69) is 26.0 Å². The fourth-order valence-electron chi connectivity index (χ4n) is 2.50. The van der Waals surface area contributed by atoms with Gasteiger partial charge in [0.05, 0.1) is 5.69 Å². The normalized spacial score (nSPS) is 20.4. The van der Waals surface area contributed by atoms with Crippen molar-refractivity contribution in [3.63, 3.8) is 0 Å². The van der Waals surface area contributed by atoms with Crippen LogP contribution in [0.1, 0.15) is 19.3 Å². The van der Waals surface area contributed by atoms with E-state index in [4.69, 9.17) is 0 Å². The Morgan fingerprint density at radius 1 is 1.43 bits per heavy atom. The van der Waals surface area contributed by atoms with Crippen molar-refractivity contribution in [3.8, 4) is 0 Å². The Morgan fingerprint density at radius 2 is 2.19 bits per heavy atom. The molecule has 1 heterocycles. The summed E-state index contributed by atoms with van der Waals surface area (Å²) in [7, 11) is -1.84. The van der Waals surface area contributed by atoms with Gasteiger partial charge >= 0.3 is 10.2 Å². The molecule has 8 heteroatoms. The molecular formula is C13H19BrFN3O2S. The molecule has 1 fully saturated rings. The quantitative estimate of drug-likeness (QED) is 0.824. The van der Waals surface area contributed by atoms with E-state index in [-0.39, 0.29) is 6.04 Å². The fourth-order valence-corrected chi connectivity index (χ4v) is 4.60. The maximum atomic E-state index is 13.1. The van der Waals surface area contributed by atoms with Crippen molar-refractivity contribution < 1.29 is 12.8 Å². The van der Waals surface area contributed by atoms with Crippen LogP contribution in [0.4, 0.5) is 10.1 Å². The van der Waals surface area contributed by atoms with Gasteiger partial charge in [0.25, 0.3) is 0 Å². The van der Waals surface area contributed by atoms with Crippen LogP contribution >= 0.6 is 15.9 Å². The van der Waals surface area contributed by atoms with E-state index in [0.29, 0.717) is 23.2 Å². The van der Waals surface area contributed by atoms with Crippen LogP contribution < -0.4 is 10.0 Å². The number of halogens is 2. The zero-order valence-corrected chi connectivity index (χ0v) is 14.2. The molecule has 0 saturated carbocycles. The average Bonchev–Trinajstić information content (AvgIpc) is 2.43. The zero-order valence-electron chi connectivity index (χ0n) is 11.8. The lowest BCUT2D eigenvalue weighted by Crippen LogP contribution is -2.49. The van der Waals surface area contributed by atoms with Gasteiger partial charge in [-0.15, -0.1) is 0 Å². The van der Waals surface area contributed by atoms with E-state index in [1.54, 1.807) is 0 Å². The van der Waals surface area contributed by atoms with Crippen LogP contribution in [0.5, 0.6) is 0 Å². The SMILES string of the molecule is CNCC1CCCCN1S(=O)(=O)Nc1ccc(F)cc1Br. The summed E-state index contributed by atoms with van der Waals surface area (Å²) in [5.74, 6) is -0.421. The molecule has 2 rings (SSSR count). The number of piperidine rings is 1. The molecule has 1 aromatic rings. The molecule has 0 bridgehead atoms. The number of anilines is 1. The van der Waals surface area contributed by atoms with E-state index in [1.165, 1.54) is 22.5 Å². The predicted molar refractivity (Wildman–Crippen MR) is 84.9 cm³/mol. The highest BCUT2D eigenvalue weighted by molar-refractivity contribution is 9.10. The molecule has 0 aromatic heterocycles. The van der Waals surface area contributed by atoms with Gasteiger partial charge in [0.2, 0.25) is 0 Å². The molecule has 118 valence electrons. The number of hydrogen-bond donors (Lipinski definition) is 2. The molecule has 1 aromatic carbocycles. The van der Waals surface area contributed by atoms with Crippen molar-refractivity contribution in [3.05, 3.63) is 28.5 Å². The second-order valence-corrected chi connectivity index (χ2v) is 7.53. The highest BCUT2D eigenvalue weighted by Gasteiger charge is 2.32. The molecule has 0 spiro atoms. The molecule has 1 aliphatic rings. The molecule has 0 amide bonds. The second-order valence-electron chi connectivity index (χ2n) is 5.05. The van der Waals surface area contributed by atoms with Crippen LogP contribution in [-0.4, -0.2) is 38.9 Å². The van der Waals surface area contributed by atoms with E-state index in [0.717, 1.165) is 19.3 Å². The zero-order chi connectivity index (χ0) is 15.5. The first kappa shape index (κ1) is 16.7. The summed E-state index contributed by atoms with van der Waals surface area (Å²) in [6, 6.07) is 3.82. The minimum atomic E-state index is -3.65. The Bertz CT molecular complexity index is 595. The van der Waals surface area contributed by atoms with Gasteiger partial charge < -0.3 is 5.32 Å². The minimum absolute atomic E-state index is 0.0551. The Morgan fingerprint density at radius 3 is 2.86 bits per heavy atom. The van der Waals surface area contributed by atoms with Crippen molar-refractivity contribution in [2.24, 2.45) is 0 Å². The first-order valence-corrected chi connectivity index (χ1v) is 9.06. The largest absolute Gasteiger partial charge is 0.318 e. The van der Waals surface area contributed by atoms with E-state index < -0.39 is 16.0 Å². The first-order valence-electron chi connectivity index (χ1n) is 6.83. The summed E-state index contributed by atoms with van der Waals surface area (Å²) >= 11 is 3.17. The second kappa shape index (κ2) is 7.04. The van der Waals surface area contributed by atoms with Crippen LogP contribution in [0.3, 0.4) is 0 Å². The average molecular weight is 380 g/mol. The van der Waals surface area contributed by atoms with E-state index in [1.807, 2.05) is 7.05 Å². The van der Waals surface area contributed by atoms with Crippen molar-refractivity contribution in [1.82, 2.24) is 9.62 Å². The number of benzene rings is 1. The standard InChI is InChI=1S/C13H19BrFN3O2S/c1-16-9-11-4-2-3-7-18(11)21(19,20)17-13-6-5-10(15)8-12(13)14/h5-6,8,11,16-17H,2-4,7,9H2,1H3. The number of likely N-dealkylation sites (N-methyl/N-ethyl adjacent to an activating group) is 1. The summed E-state index contributed by atoms with van der Waals surface area (Å²) in [5.41, 5.74) is 0.338. The van der Waals surface area contributed by atoms with Crippen LogP contribution in [-0.2, 0) is 10.2 Å². The molecule has 5 nitrogen and oxygen atoms in total. The lowest BCUT2D eigenvalue weighted by atomic mass is 10.1. The molecular weight excluding hydrogens is 361 g/mol. The van der Waals surface area contributed by atoms with E-state index >= 15 is 0 Å².